The zero-order chi connectivity index (χ0) is 19.8. The highest BCUT2D eigenvalue weighted by Gasteiger charge is 2.15. The number of hydrogen-bond acceptors (Lipinski definition) is 5. The number of pyridine rings is 1. The maximum absolute atomic E-state index is 13.4. The van der Waals surface area contributed by atoms with Crippen LogP contribution in [-0.4, -0.2) is 29.8 Å². The summed E-state index contributed by atoms with van der Waals surface area (Å²) >= 11 is 0. The van der Waals surface area contributed by atoms with E-state index < -0.39 is 11.6 Å². The van der Waals surface area contributed by atoms with Gasteiger partial charge in [0, 0.05) is 31.3 Å². The molecule has 3 heterocycles. The van der Waals surface area contributed by atoms with E-state index in [2.05, 4.69) is 20.1 Å². The van der Waals surface area contributed by atoms with Crippen molar-refractivity contribution in [3.8, 4) is 11.3 Å². The summed E-state index contributed by atoms with van der Waals surface area (Å²) in [6.07, 6.45) is 1.86. The first kappa shape index (κ1) is 17.9. The molecule has 0 radical (unpaired) electrons. The SMILES string of the molecule is Cn1nc(CO)c2c(=O)[nH]c(Cc3ccc(-c4cc(F)cc(F)c4)nc3)nc21. The number of aromatic amines is 1. The zero-order valence-corrected chi connectivity index (χ0v) is 14.8. The summed E-state index contributed by atoms with van der Waals surface area (Å²) in [5.74, 6) is -0.930. The summed E-state index contributed by atoms with van der Waals surface area (Å²) in [4.78, 5) is 23.7. The fourth-order valence-electron chi connectivity index (χ4n) is 3.07. The first-order valence-electron chi connectivity index (χ1n) is 8.41. The maximum atomic E-state index is 13.4. The molecule has 7 nitrogen and oxygen atoms in total. The van der Waals surface area contributed by atoms with Gasteiger partial charge >= 0.3 is 0 Å². The van der Waals surface area contributed by atoms with Gasteiger partial charge in [-0.1, -0.05) is 6.07 Å². The van der Waals surface area contributed by atoms with Gasteiger partial charge in [0.15, 0.2) is 5.65 Å². The number of nitrogens with zero attached hydrogens (tertiary/aromatic N) is 4. The first-order valence-corrected chi connectivity index (χ1v) is 8.41. The normalized spacial score (nSPS) is 11.3. The lowest BCUT2D eigenvalue weighted by atomic mass is 10.1. The van der Waals surface area contributed by atoms with Gasteiger partial charge in [0.2, 0.25) is 0 Å². The van der Waals surface area contributed by atoms with E-state index in [1.807, 2.05) is 0 Å². The lowest BCUT2D eigenvalue weighted by Gasteiger charge is -2.05. The van der Waals surface area contributed by atoms with Crippen LogP contribution in [0.15, 0.2) is 41.3 Å². The van der Waals surface area contributed by atoms with Crippen LogP contribution in [0.1, 0.15) is 17.1 Å². The highest BCUT2D eigenvalue weighted by Crippen LogP contribution is 2.20. The van der Waals surface area contributed by atoms with Crippen LogP contribution < -0.4 is 5.56 Å². The van der Waals surface area contributed by atoms with Crippen molar-refractivity contribution in [2.24, 2.45) is 7.05 Å². The number of aromatic nitrogens is 5. The second-order valence-corrected chi connectivity index (χ2v) is 6.33. The number of rotatable bonds is 4. The Morgan fingerprint density at radius 1 is 1.18 bits per heavy atom. The van der Waals surface area contributed by atoms with Crippen LogP contribution in [0.3, 0.4) is 0 Å². The van der Waals surface area contributed by atoms with Crippen LogP contribution in [0.4, 0.5) is 8.78 Å². The molecule has 142 valence electrons. The van der Waals surface area contributed by atoms with E-state index in [9.17, 15) is 18.7 Å². The molecular weight excluding hydrogens is 368 g/mol. The molecule has 1 aromatic carbocycles. The van der Waals surface area contributed by atoms with Gasteiger partial charge in [-0.2, -0.15) is 5.10 Å². The summed E-state index contributed by atoms with van der Waals surface area (Å²) < 4.78 is 28.2. The van der Waals surface area contributed by atoms with Crippen molar-refractivity contribution in [1.29, 1.82) is 0 Å². The van der Waals surface area contributed by atoms with Crippen molar-refractivity contribution in [2.45, 2.75) is 13.0 Å². The molecular formula is C19H15F2N5O2. The minimum Gasteiger partial charge on any atom is -0.390 e. The van der Waals surface area contributed by atoms with Crippen molar-refractivity contribution >= 4 is 11.0 Å². The van der Waals surface area contributed by atoms with Gasteiger partial charge in [0.1, 0.15) is 28.5 Å². The van der Waals surface area contributed by atoms with Crippen molar-refractivity contribution in [3.63, 3.8) is 0 Å². The minimum absolute atomic E-state index is 0.260. The molecule has 0 fully saturated rings. The molecule has 0 unspecified atom stereocenters. The van der Waals surface area contributed by atoms with Crippen LogP contribution in [0.5, 0.6) is 0 Å². The molecule has 0 spiro atoms. The zero-order valence-electron chi connectivity index (χ0n) is 14.8. The monoisotopic (exact) mass is 383 g/mol. The van der Waals surface area contributed by atoms with Crippen molar-refractivity contribution in [1.82, 2.24) is 24.7 Å². The summed E-state index contributed by atoms with van der Waals surface area (Å²) in [7, 11) is 1.65. The Morgan fingerprint density at radius 2 is 1.93 bits per heavy atom. The molecule has 9 heteroatoms. The smallest absolute Gasteiger partial charge is 0.262 e. The Labute approximate surface area is 157 Å². The van der Waals surface area contributed by atoms with E-state index >= 15 is 0 Å². The number of H-pyrrole nitrogens is 1. The first-order chi connectivity index (χ1) is 13.4. The van der Waals surface area contributed by atoms with Crippen LogP contribution in [0.25, 0.3) is 22.3 Å². The molecule has 0 aliphatic rings. The van der Waals surface area contributed by atoms with Gasteiger partial charge in [-0.15, -0.1) is 0 Å². The molecule has 28 heavy (non-hydrogen) atoms. The molecule has 0 atom stereocenters. The van der Waals surface area contributed by atoms with Crippen molar-refractivity contribution in [3.05, 3.63) is 75.6 Å². The third-order valence-corrected chi connectivity index (χ3v) is 4.32. The van der Waals surface area contributed by atoms with Gasteiger partial charge in [-0.05, 0) is 23.8 Å². The largest absolute Gasteiger partial charge is 0.390 e. The Kier molecular flexibility index (Phi) is 4.44. The molecule has 0 saturated carbocycles. The third-order valence-electron chi connectivity index (χ3n) is 4.32. The predicted octanol–water partition coefficient (Wildman–Crippen LogP) is 2.08. The summed E-state index contributed by atoms with van der Waals surface area (Å²) in [6, 6.07) is 6.61. The number of nitrogens with one attached hydrogen (secondary N) is 1. The highest BCUT2D eigenvalue weighted by molar-refractivity contribution is 5.77. The maximum Gasteiger partial charge on any atom is 0.262 e. The fourth-order valence-corrected chi connectivity index (χ4v) is 3.07. The third kappa shape index (κ3) is 3.27. The average Bonchev–Trinajstić information content (AvgIpc) is 2.98. The number of hydrogen-bond donors (Lipinski definition) is 2. The van der Waals surface area contributed by atoms with Crippen molar-refractivity contribution < 1.29 is 13.9 Å². The van der Waals surface area contributed by atoms with E-state index in [0.717, 1.165) is 11.6 Å². The van der Waals surface area contributed by atoms with Gasteiger partial charge in [0.05, 0.1) is 12.3 Å². The molecule has 4 rings (SSSR count). The summed E-state index contributed by atoms with van der Waals surface area (Å²) in [5, 5.41) is 13.7. The van der Waals surface area contributed by atoms with Gasteiger partial charge in [-0.25, -0.2) is 18.4 Å². The second kappa shape index (κ2) is 6.93. The number of aliphatic hydroxyl groups excluding tert-OH is 1. The minimum atomic E-state index is -0.672. The summed E-state index contributed by atoms with van der Waals surface area (Å²) in [5.41, 5.74) is 1.79. The Bertz CT molecular complexity index is 1210. The number of aliphatic hydroxyl groups is 1. The van der Waals surface area contributed by atoms with Crippen LogP contribution in [0, 0.1) is 11.6 Å². The van der Waals surface area contributed by atoms with Crippen LogP contribution in [0.2, 0.25) is 0 Å². The predicted molar refractivity (Wildman–Crippen MR) is 97.4 cm³/mol. The second-order valence-electron chi connectivity index (χ2n) is 6.33. The van der Waals surface area contributed by atoms with Gasteiger partial charge < -0.3 is 10.1 Å². The molecule has 4 aromatic rings. The lowest BCUT2D eigenvalue weighted by molar-refractivity contribution is 0.277. The Hall–Kier alpha value is -3.46. The highest BCUT2D eigenvalue weighted by atomic mass is 19.1. The van der Waals surface area contributed by atoms with Gasteiger partial charge in [-0.3, -0.25) is 9.78 Å². The quantitative estimate of drug-likeness (QED) is 0.562. The number of fused-ring (bicyclic) bond motifs is 1. The molecule has 0 amide bonds. The molecule has 0 bridgehead atoms. The topological polar surface area (TPSA) is 96.7 Å². The standard InChI is InChI=1S/C19H15F2N5O2/c1-26-18-17(15(9-27)25-26)19(28)24-16(23-18)4-10-2-3-14(22-8-10)11-5-12(20)7-13(21)6-11/h2-3,5-8,27H,4,9H2,1H3,(H,23,24,28). The van der Waals surface area contributed by atoms with E-state index in [0.29, 0.717) is 29.1 Å². The Balaban J connectivity index is 1.64. The number of aryl methyl sites for hydroxylation is 1. The van der Waals surface area contributed by atoms with Crippen molar-refractivity contribution in [2.75, 3.05) is 0 Å². The van der Waals surface area contributed by atoms with E-state index in [1.165, 1.54) is 16.8 Å². The fraction of sp³-hybridized carbons (Fsp3) is 0.158. The van der Waals surface area contributed by atoms with Gasteiger partial charge in [0.25, 0.3) is 5.56 Å². The number of halogens is 2. The van der Waals surface area contributed by atoms with E-state index in [4.69, 9.17) is 0 Å². The average molecular weight is 383 g/mol. The molecule has 2 N–H and O–H groups in total. The lowest BCUT2D eigenvalue weighted by Crippen LogP contribution is -2.13. The summed E-state index contributed by atoms with van der Waals surface area (Å²) in [6.45, 7) is -0.354. The molecule has 0 aliphatic carbocycles. The van der Waals surface area contributed by atoms with Crippen LogP contribution >= 0.6 is 0 Å². The Morgan fingerprint density at radius 3 is 2.57 bits per heavy atom. The molecule has 3 aromatic heterocycles. The van der Waals surface area contributed by atoms with Crippen LogP contribution in [-0.2, 0) is 20.1 Å². The molecule has 0 aliphatic heterocycles. The number of benzene rings is 1. The van der Waals surface area contributed by atoms with E-state index in [1.54, 1.807) is 25.4 Å². The molecule has 0 saturated heterocycles. The van der Waals surface area contributed by atoms with E-state index in [-0.39, 0.29) is 23.2 Å².